The molecule has 52 valence electrons. The maximum absolute atomic E-state index is 2.38. The molecule has 0 heteroatoms. The SMILES string of the molecule is CCC/C=C/[C@@H]1C[C@@H]1C. The van der Waals surface area contributed by atoms with Gasteiger partial charge in [0.2, 0.25) is 0 Å². The highest BCUT2D eigenvalue weighted by Gasteiger charge is 2.29. The van der Waals surface area contributed by atoms with Gasteiger partial charge in [0.1, 0.15) is 0 Å². The Morgan fingerprint density at radius 2 is 2.22 bits per heavy atom. The molecule has 0 aromatic carbocycles. The molecule has 9 heavy (non-hydrogen) atoms. The molecule has 0 bridgehead atoms. The molecule has 0 aromatic rings. The summed E-state index contributed by atoms with van der Waals surface area (Å²) in [6, 6.07) is 0. The van der Waals surface area contributed by atoms with Gasteiger partial charge in [0, 0.05) is 0 Å². The van der Waals surface area contributed by atoms with Crippen molar-refractivity contribution in [3.05, 3.63) is 12.2 Å². The molecule has 0 spiro atoms. The molecule has 1 aliphatic carbocycles. The minimum atomic E-state index is 0.941. The normalized spacial score (nSPS) is 33.6. The van der Waals surface area contributed by atoms with Gasteiger partial charge >= 0.3 is 0 Å². The van der Waals surface area contributed by atoms with Crippen molar-refractivity contribution < 1.29 is 0 Å². The van der Waals surface area contributed by atoms with E-state index in [-0.39, 0.29) is 0 Å². The molecule has 0 nitrogen and oxygen atoms in total. The largest absolute Gasteiger partial charge is 0.0883 e. The fourth-order valence-electron chi connectivity index (χ4n) is 1.06. The average Bonchev–Trinajstić information content (AvgIpc) is 2.48. The molecule has 1 saturated carbocycles. The van der Waals surface area contributed by atoms with Crippen LogP contribution in [0.5, 0.6) is 0 Å². The summed E-state index contributed by atoms with van der Waals surface area (Å²) in [5.41, 5.74) is 0. The molecule has 0 heterocycles. The van der Waals surface area contributed by atoms with Crippen LogP contribution >= 0.6 is 0 Å². The van der Waals surface area contributed by atoms with Crippen LogP contribution in [-0.2, 0) is 0 Å². The minimum absolute atomic E-state index is 0.941. The Balaban J connectivity index is 2.03. The zero-order valence-corrected chi connectivity index (χ0v) is 6.43. The molecule has 0 amide bonds. The Bertz CT molecular complexity index is 103. The standard InChI is InChI=1S/C9H16/c1-3-4-5-6-9-7-8(9)2/h5-6,8-9H,3-4,7H2,1-2H3/b6-5+/t8-,9+/m0/s1. The highest BCUT2D eigenvalue weighted by Crippen LogP contribution is 2.38. The lowest BCUT2D eigenvalue weighted by atomic mass is 10.2. The Labute approximate surface area is 58.0 Å². The summed E-state index contributed by atoms with van der Waals surface area (Å²) >= 11 is 0. The predicted molar refractivity (Wildman–Crippen MR) is 41.3 cm³/mol. The zero-order chi connectivity index (χ0) is 6.69. The first-order valence-corrected chi connectivity index (χ1v) is 4.01. The van der Waals surface area contributed by atoms with Crippen LogP contribution < -0.4 is 0 Å². The number of hydrogen-bond donors (Lipinski definition) is 0. The molecule has 0 N–H and O–H groups in total. The maximum Gasteiger partial charge on any atom is -0.0205 e. The second-order valence-electron chi connectivity index (χ2n) is 3.09. The second kappa shape index (κ2) is 3.05. The van der Waals surface area contributed by atoms with Gasteiger partial charge in [-0.1, -0.05) is 32.4 Å². The molecule has 0 unspecified atom stereocenters. The van der Waals surface area contributed by atoms with E-state index >= 15 is 0 Å². The van der Waals surface area contributed by atoms with Crippen LogP contribution in [0.15, 0.2) is 12.2 Å². The van der Waals surface area contributed by atoms with Crippen molar-refractivity contribution >= 4 is 0 Å². The van der Waals surface area contributed by atoms with E-state index < -0.39 is 0 Å². The van der Waals surface area contributed by atoms with Crippen LogP contribution in [0.2, 0.25) is 0 Å². The molecule has 0 aliphatic heterocycles. The summed E-state index contributed by atoms with van der Waals surface area (Å²) in [6.45, 7) is 4.54. The molecule has 0 saturated heterocycles. The fourth-order valence-corrected chi connectivity index (χ4v) is 1.06. The van der Waals surface area contributed by atoms with E-state index in [1.807, 2.05) is 0 Å². The van der Waals surface area contributed by atoms with Crippen LogP contribution in [0.3, 0.4) is 0 Å². The quantitative estimate of drug-likeness (QED) is 0.507. The van der Waals surface area contributed by atoms with Crippen molar-refractivity contribution in [3.63, 3.8) is 0 Å². The second-order valence-corrected chi connectivity index (χ2v) is 3.09. The summed E-state index contributed by atoms with van der Waals surface area (Å²) in [4.78, 5) is 0. The lowest BCUT2D eigenvalue weighted by Gasteiger charge is -1.83. The van der Waals surface area contributed by atoms with Crippen molar-refractivity contribution in [2.75, 3.05) is 0 Å². The summed E-state index contributed by atoms with van der Waals surface area (Å²) in [6.07, 6.45) is 8.70. The fraction of sp³-hybridized carbons (Fsp3) is 0.778. The zero-order valence-electron chi connectivity index (χ0n) is 6.43. The lowest BCUT2D eigenvalue weighted by Crippen LogP contribution is -1.68. The van der Waals surface area contributed by atoms with Gasteiger partial charge in [-0.3, -0.25) is 0 Å². The maximum atomic E-state index is 2.38. The predicted octanol–water partition coefficient (Wildman–Crippen LogP) is 3.00. The third-order valence-corrected chi connectivity index (χ3v) is 2.01. The summed E-state index contributed by atoms with van der Waals surface area (Å²) in [5, 5.41) is 0. The Hall–Kier alpha value is -0.260. The summed E-state index contributed by atoms with van der Waals surface area (Å²) < 4.78 is 0. The van der Waals surface area contributed by atoms with E-state index in [1.54, 1.807) is 0 Å². The van der Waals surface area contributed by atoms with Crippen molar-refractivity contribution in [2.24, 2.45) is 11.8 Å². The number of rotatable bonds is 3. The highest BCUT2D eigenvalue weighted by atomic mass is 14.3. The molecular weight excluding hydrogens is 108 g/mol. The molecule has 1 aliphatic rings. The third-order valence-electron chi connectivity index (χ3n) is 2.01. The average molecular weight is 124 g/mol. The van der Waals surface area contributed by atoms with E-state index in [9.17, 15) is 0 Å². The van der Waals surface area contributed by atoms with Crippen LogP contribution in [0.4, 0.5) is 0 Å². The van der Waals surface area contributed by atoms with Gasteiger partial charge in [-0.05, 0) is 24.7 Å². The first-order chi connectivity index (χ1) is 4.34. The van der Waals surface area contributed by atoms with Gasteiger partial charge in [-0.2, -0.15) is 0 Å². The van der Waals surface area contributed by atoms with E-state index in [4.69, 9.17) is 0 Å². The van der Waals surface area contributed by atoms with E-state index in [1.165, 1.54) is 19.3 Å². The van der Waals surface area contributed by atoms with Crippen molar-refractivity contribution in [1.82, 2.24) is 0 Å². The van der Waals surface area contributed by atoms with E-state index in [0.29, 0.717) is 0 Å². The summed E-state index contributed by atoms with van der Waals surface area (Å²) in [7, 11) is 0. The minimum Gasteiger partial charge on any atom is -0.0883 e. The Morgan fingerprint density at radius 1 is 1.56 bits per heavy atom. The highest BCUT2D eigenvalue weighted by molar-refractivity contribution is 4.99. The first-order valence-electron chi connectivity index (χ1n) is 4.01. The van der Waals surface area contributed by atoms with Gasteiger partial charge in [0.25, 0.3) is 0 Å². The van der Waals surface area contributed by atoms with Crippen molar-refractivity contribution in [1.29, 1.82) is 0 Å². The van der Waals surface area contributed by atoms with Gasteiger partial charge < -0.3 is 0 Å². The molecule has 1 fully saturated rings. The van der Waals surface area contributed by atoms with Crippen molar-refractivity contribution in [2.45, 2.75) is 33.1 Å². The first kappa shape index (κ1) is 6.85. The topological polar surface area (TPSA) is 0 Å². The van der Waals surface area contributed by atoms with Gasteiger partial charge in [0.15, 0.2) is 0 Å². The smallest absolute Gasteiger partial charge is 0.0205 e. The van der Waals surface area contributed by atoms with Crippen LogP contribution in [0.1, 0.15) is 33.1 Å². The Morgan fingerprint density at radius 3 is 2.67 bits per heavy atom. The third kappa shape index (κ3) is 2.21. The Kier molecular flexibility index (Phi) is 2.32. The monoisotopic (exact) mass is 124 g/mol. The van der Waals surface area contributed by atoms with Gasteiger partial charge in [0.05, 0.1) is 0 Å². The molecule has 2 atom stereocenters. The lowest BCUT2D eigenvalue weighted by molar-refractivity contribution is 0.884. The van der Waals surface area contributed by atoms with Crippen molar-refractivity contribution in [3.8, 4) is 0 Å². The molecule has 0 aromatic heterocycles. The molecular formula is C9H16. The van der Waals surface area contributed by atoms with Crippen LogP contribution in [-0.4, -0.2) is 0 Å². The van der Waals surface area contributed by atoms with Crippen LogP contribution in [0, 0.1) is 11.8 Å². The van der Waals surface area contributed by atoms with E-state index in [2.05, 4.69) is 26.0 Å². The molecule has 0 radical (unpaired) electrons. The number of unbranched alkanes of at least 4 members (excludes halogenated alkanes) is 1. The van der Waals surface area contributed by atoms with E-state index in [0.717, 1.165) is 11.8 Å². The summed E-state index contributed by atoms with van der Waals surface area (Å²) in [5.74, 6) is 1.93. The molecule has 1 rings (SSSR count). The number of hydrogen-bond acceptors (Lipinski definition) is 0. The van der Waals surface area contributed by atoms with Gasteiger partial charge in [-0.25, -0.2) is 0 Å². The van der Waals surface area contributed by atoms with Crippen LogP contribution in [0.25, 0.3) is 0 Å². The number of allylic oxidation sites excluding steroid dienone is 2. The van der Waals surface area contributed by atoms with Gasteiger partial charge in [-0.15, -0.1) is 0 Å².